The second-order valence-electron chi connectivity index (χ2n) is 6.37. The van der Waals surface area contributed by atoms with Crippen LogP contribution in [0, 0.1) is 0 Å². The van der Waals surface area contributed by atoms with E-state index in [0.29, 0.717) is 5.56 Å². The molecule has 2 rings (SSSR count). The number of amides is 1. The minimum atomic E-state index is -0.361. The predicted molar refractivity (Wildman–Crippen MR) is 89.8 cm³/mol. The highest BCUT2D eigenvalue weighted by Crippen LogP contribution is 2.14. The first kappa shape index (κ1) is 19.7. The lowest BCUT2D eigenvalue weighted by atomic mass is 10.1. The van der Waals surface area contributed by atoms with Gasteiger partial charge in [0.25, 0.3) is 6.47 Å². The van der Waals surface area contributed by atoms with E-state index in [0.717, 1.165) is 25.9 Å². The molecule has 24 heavy (non-hydrogen) atoms. The topological polar surface area (TPSA) is 72.9 Å². The van der Waals surface area contributed by atoms with Crippen LogP contribution in [0.5, 0.6) is 0 Å². The number of ether oxygens (including phenoxy) is 2. The molecule has 0 radical (unpaired) electrons. The van der Waals surface area contributed by atoms with Crippen molar-refractivity contribution < 1.29 is 23.9 Å². The largest absolute Gasteiger partial charge is 0.459 e. The zero-order chi connectivity index (χ0) is 18.0. The Hall–Kier alpha value is -2.37. The number of carbonyl (C=O) groups excluding carboxylic acids is 3. The Kier molecular flexibility index (Phi) is 7.95. The maximum Gasteiger partial charge on any atom is 0.410 e. The van der Waals surface area contributed by atoms with Gasteiger partial charge in [0, 0.05) is 18.7 Å². The van der Waals surface area contributed by atoms with Gasteiger partial charge >= 0.3 is 6.09 Å². The van der Waals surface area contributed by atoms with Crippen molar-refractivity contribution in [2.75, 3.05) is 19.7 Å². The quantitative estimate of drug-likeness (QED) is 0.624. The SMILES string of the molecule is CC(C)(C)OC(=O)N1CCCC1.O=COCC(=O)c1ccccc1. The van der Waals surface area contributed by atoms with Gasteiger partial charge in [0.1, 0.15) is 5.60 Å². The molecular weight excluding hydrogens is 310 g/mol. The van der Waals surface area contributed by atoms with Crippen LogP contribution in [0.15, 0.2) is 30.3 Å². The highest BCUT2D eigenvalue weighted by molar-refractivity contribution is 5.97. The van der Waals surface area contributed by atoms with Crippen LogP contribution in [0.3, 0.4) is 0 Å². The Morgan fingerprint density at radius 1 is 1.12 bits per heavy atom. The Morgan fingerprint density at radius 2 is 1.71 bits per heavy atom. The van der Waals surface area contributed by atoms with E-state index < -0.39 is 0 Å². The Labute approximate surface area is 142 Å². The van der Waals surface area contributed by atoms with E-state index in [4.69, 9.17) is 4.74 Å². The van der Waals surface area contributed by atoms with Gasteiger partial charge in [-0.25, -0.2) is 4.79 Å². The number of hydrogen-bond donors (Lipinski definition) is 0. The molecule has 0 atom stereocenters. The molecule has 1 aliphatic heterocycles. The van der Waals surface area contributed by atoms with Crippen molar-refractivity contribution in [3.63, 3.8) is 0 Å². The molecule has 6 heteroatoms. The average molecular weight is 335 g/mol. The summed E-state index contributed by atoms with van der Waals surface area (Å²) in [4.78, 5) is 34.0. The maximum atomic E-state index is 11.4. The number of nitrogens with zero attached hydrogens (tertiary/aromatic N) is 1. The van der Waals surface area contributed by atoms with Crippen molar-refractivity contribution in [2.45, 2.75) is 39.2 Å². The summed E-state index contributed by atoms with van der Waals surface area (Å²) in [6.45, 7) is 7.46. The van der Waals surface area contributed by atoms with Crippen LogP contribution in [-0.2, 0) is 14.3 Å². The summed E-state index contributed by atoms with van der Waals surface area (Å²) in [7, 11) is 0. The summed E-state index contributed by atoms with van der Waals surface area (Å²) in [5, 5.41) is 0. The lowest BCUT2D eigenvalue weighted by Crippen LogP contribution is -2.34. The summed E-state index contributed by atoms with van der Waals surface area (Å²) in [5.41, 5.74) is 0.194. The van der Waals surface area contributed by atoms with E-state index in [1.54, 1.807) is 29.2 Å². The highest BCUT2D eigenvalue weighted by Gasteiger charge is 2.23. The predicted octanol–water partition coefficient (Wildman–Crippen LogP) is 3.06. The minimum Gasteiger partial charge on any atom is -0.459 e. The Balaban J connectivity index is 0.000000240. The van der Waals surface area contributed by atoms with E-state index in [-0.39, 0.29) is 30.6 Å². The van der Waals surface area contributed by atoms with E-state index >= 15 is 0 Å². The fourth-order valence-electron chi connectivity index (χ4n) is 2.04. The van der Waals surface area contributed by atoms with Gasteiger partial charge in [0.15, 0.2) is 12.4 Å². The van der Waals surface area contributed by atoms with Gasteiger partial charge in [-0.15, -0.1) is 0 Å². The van der Waals surface area contributed by atoms with Crippen LogP contribution in [0.4, 0.5) is 4.79 Å². The summed E-state index contributed by atoms with van der Waals surface area (Å²) in [5.74, 6) is -0.192. The van der Waals surface area contributed by atoms with Crippen LogP contribution in [0.1, 0.15) is 44.0 Å². The molecule has 1 aromatic rings. The number of Topliss-reactive ketones (excluding diaryl/α,β-unsaturated/α-hetero) is 1. The van der Waals surface area contributed by atoms with Crippen LogP contribution in [-0.4, -0.2) is 48.5 Å². The maximum absolute atomic E-state index is 11.4. The number of ketones is 1. The Bertz CT molecular complexity index is 530. The molecule has 0 aliphatic carbocycles. The number of rotatable bonds is 4. The van der Waals surface area contributed by atoms with Crippen molar-refractivity contribution in [1.82, 2.24) is 4.90 Å². The monoisotopic (exact) mass is 335 g/mol. The third-order valence-electron chi connectivity index (χ3n) is 3.14. The second kappa shape index (κ2) is 9.70. The van der Waals surface area contributed by atoms with Gasteiger partial charge in [-0.2, -0.15) is 0 Å². The molecule has 1 aliphatic rings. The molecule has 1 heterocycles. The molecule has 1 amide bonds. The molecule has 0 unspecified atom stereocenters. The third kappa shape index (κ3) is 7.76. The number of carbonyl (C=O) groups is 3. The third-order valence-corrected chi connectivity index (χ3v) is 3.14. The molecule has 132 valence electrons. The van der Waals surface area contributed by atoms with Crippen molar-refractivity contribution in [1.29, 1.82) is 0 Å². The lowest BCUT2D eigenvalue weighted by molar-refractivity contribution is -0.127. The van der Waals surface area contributed by atoms with E-state index in [2.05, 4.69) is 4.74 Å². The summed E-state index contributed by atoms with van der Waals surface area (Å²) >= 11 is 0. The molecular formula is C18H25NO5. The second-order valence-corrected chi connectivity index (χ2v) is 6.37. The summed E-state index contributed by atoms with van der Waals surface area (Å²) < 4.78 is 9.53. The molecule has 6 nitrogen and oxygen atoms in total. The van der Waals surface area contributed by atoms with E-state index in [9.17, 15) is 14.4 Å². The number of likely N-dealkylation sites (tertiary alicyclic amines) is 1. The average Bonchev–Trinajstić information content (AvgIpc) is 3.07. The van der Waals surface area contributed by atoms with E-state index in [1.807, 2.05) is 26.8 Å². The van der Waals surface area contributed by atoms with Gasteiger partial charge in [0.2, 0.25) is 0 Å². The van der Waals surface area contributed by atoms with Crippen LogP contribution in [0.2, 0.25) is 0 Å². The highest BCUT2D eigenvalue weighted by atomic mass is 16.6. The fraction of sp³-hybridized carbons (Fsp3) is 0.500. The van der Waals surface area contributed by atoms with E-state index in [1.165, 1.54) is 0 Å². The molecule has 0 spiro atoms. The Morgan fingerprint density at radius 3 is 2.21 bits per heavy atom. The standard InChI is InChI=1S/C9H17NO2.C9H8O3/c1-9(2,3)12-8(11)10-6-4-5-7-10;10-7-12-6-9(11)8-4-2-1-3-5-8/h4-7H2,1-3H3;1-5,7H,6H2. The zero-order valence-electron chi connectivity index (χ0n) is 14.5. The first-order valence-corrected chi connectivity index (χ1v) is 7.95. The first-order chi connectivity index (χ1) is 11.3. The molecule has 1 saturated heterocycles. The van der Waals surface area contributed by atoms with Crippen molar-refractivity contribution in [3.05, 3.63) is 35.9 Å². The van der Waals surface area contributed by atoms with Gasteiger partial charge in [-0.05, 0) is 33.6 Å². The fourth-order valence-corrected chi connectivity index (χ4v) is 2.04. The number of hydrogen-bond acceptors (Lipinski definition) is 5. The minimum absolute atomic E-state index is 0.167. The van der Waals surface area contributed by atoms with Crippen molar-refractivity contribution in [3.8, 4) is 0 Å². The molecule has 0 saturated carbocycles. The van der Waals surface area contributed by atoms with Crippen LogP contribution < -0.4 is 0 Å². The van der Waals surface area contributed by atoms with Gasteiger partial charge < -0.3 is 14.4 Å². The van der Waals surface area contributed by atoms with Gasteiger partial charge in [0.05, 0.1) is 0 Å². The van der Waals surface area contributed by atoms with Crippen LogP contribution >= 0.6 is 0 Å². The molecule has 0 bridgehead atoms. The molecule has 1 fully saturated rings. The molecule has 0 aromatic heterocycles. The molecule has 0 N–H and O–H groups in total. The normalized spacial score (nSPS) is 13.5. The van der Waals surface area contributed by atoms with Crippen molar-refractivity contribution in [2.24, 2.45) is 0 Å². The lowest BCUT2D eigenvalue weighted by Gasteiger charge is -2.23. The zero-order valence-corrected chi connectivity index (χ0v) is 14.5. The summed E-state index contributed by atoms with van der Waals surface area (Å²) in [6.07, 6.45) is 2.05. The van der Waals surface area contributed by atoms with Crippen molar-refractivity contribution >= 4 is 18.3 Å². The smallest absolute Gasteiger partial charge is 0.410 e. The molecule has 1 aromatic carbocycles. The summed E-state index contributed by atoms with van der Waals surface area (Å²) in [6, 6.07) is 8.69. The van der Waals surface area contributed by atoms with Gasteiger partial charge in [-0.1, -0.05) is 30.3 Å². The first-order valence-electron chi connectivity index (χ1n) is 7.95. The van der Waals surface area contributed by atoms with Crippen LogP contribution in [0.25, 0.3) is 0 Å². The number of benzene rings is 1. The van der Waals surface area contributed by atoms with Gasteiger partial charge in [-0.3, -0.25) is 9.59 Å².